The zero-order valence-corrected chi connectivity index (χ0v) is 10.1. The van der Waals surface area contributed by atoms with Gasteiger partial charge in [-0.05, 0) is 24.6 Å². The van der Waals surface area contributed by atoms with Crippen molar-refractivity contribution in [3.8, 4) is 0 Å². The second-order valence-electron chi connectivity index (χ2n) is 4.29. The summed E-state index contributed by atoms with van der Waals surface area (Å²) in [4.78, 5) is 4.40. The molecule has 0 atom stereocenters. The Kier molecular flexibility index (Phi) is 2.60. The van der Waals surface area contributed by atoms with Crippen LogP contribution < -0.4 is 5.73 Å². The molecule has 0 aromatic carbocycles. The molecule has 0 amide bonds. The third-order valence-electron chi connectivity index (χ3n) is 2.95. The summed E-state index contributed by atoms with van der Waals surface area (Å²) < 4.78 is 7.12. The molecule has 0 radical (unpaired) electrons. The second kappa shape index (κ2) is 4.27. The summed E-state index contributed by atoms with van der Waals surface area (Å²) in [6.07, 6.45) is 3.81. The third kappa shape index (κ3) is 1.78. The smallest absolute Gasteiger partial charge is 0.140 e. The van der Waals surface area contributed by atoms with Crippen molar-refractivity contribution in [1.29, 1.82) is 0 Å². The number of nitrogens with two attached hydrogens (primary N) is 1. The number of hydrogen-bond acceptors (Lipinski definition) is 4. The van der Waals surface area contributed by atoms with Gasteiger partial charge in [-0.3, -0.25) is 0 Å². The normalized spacial score (nSPS) is 11.2. The summed E-state index contributed by atoms with van der Waals surface area (Å²) in [6, 6.07) is 5.89. The third-order valence-corrected chi connectivity index (χ3v) is 2.95. The molecule has 3 rings (SSSR count). The van der Waals surface area contributed by atoms with E-state index in [2.05, 4.69) is 14.7 Å². The zero-order chi connectivity index (χ0) is 12.5. The van der Waals surface area contributed by atoms with E-state index in [-0.39, 0.29) is 0 Å². The lowest BCUT2D eigenvalue weighted by molar-refractivity contribution is 0.389. The Balaban J connectivity index is 2.06. The van der Waals surface area contributed by atoms with Gasteiger partial charge in [-0.15, -0.1) is 0 Å². The van der Waals surface area contributed by atoms with Crippen LogP contribution in [-0.2, 0) is 13.1 Å². The van der Waals surface area contributed by atoms with Gasteiger partial charge in [0.15, 0.2) is 0 Å². The van der Waals surface area contributed by atoms with Crippen molar-refractivity contribution < 1.29 is 4.52 Å². The summed E-state index contributed by atoms with van der Waals surface area (Å²) in [5.41, 5.74) is 8.66. The number of hydrogen-bond donors (Lipinski definition) is 1. The van der Waals surface area contributed by atoms with Crippen molar-refractivity contribution >= 4 is 11.0 Å². The van der Waals surface area contributed by atoms with E-state index in [1.54, 1.807) is 6.20 Å². The van der Waals surface area contributed by atoms with E-state index >= 15 is 0 Å². The van der Waals surface area contributed by atoms with Crippen LogP contribution in [0, 0.1) is 6.92 Å². The van der Waals surface area contributed by atoms with Gasteiger partial charge < -0.3 is 14.8 Å². The SMILES string of the molecule is Cc1cc(Cn2cc(CN)c3cccnc32)no1. The molecule has 2 N–H and O–H groups in total. The minimum atomic E-state index is 0.507. The van der Waals surface area contributed by atoms with Gasteiger partial charge in [0.25, 0.3) is 0 Å². The van der Waals surface area contributed by atoms with E-state index in [9.17, 15) is 0 Å². The van der Waals surface area contributed by atoms with Crippen molar-refractivity contribution in [2.45, 2.75) is 20.0 Å². The number of aryl methyl sites for hydroxylation is 1. The van der Waals surface area contributed by atoms with Crippen LogP contribution >= 0.6 is 0 Å². The monoisotopic (exact) mass is 242 g/mol. The fourth-order valence-corrected chi connectivity index (χ4v) is 2.15. The van der Waals surface area contributed by atoms with Gasteiger partial charge in [0.1, 0.15) is 17.1 Å². The number of aromatic nitrogens is 3. The van der Waals surface area contributed by atoms with E-state index in [0.717, 1.165) is 28.1 Å². The molecule has 0 spiro atoms. The highest BCUT2D eigenvalue weighted by Gasteiger charge is 2.09. The molecule has 0 aliphatic rings. The van der Waals surface area contributed by atoms with Gasteiger partial charge in [-0.25, -0.2) is 4.98 Å². The number of rotatable bonds is 3. The molecule has 0 saturated heterocycles. The molecule has 92 valence electrons. The lowest BCUT2D eigenvalue weighted by Crippen LogP contribution is -1.99. The second-order valence-corrected chi connectivity index (χ2v) is 4.29. The Morgan fingerprint density at radius 1 is 1.44 bits per heavy atom. The molecule has 5 nitrogen and oxygen atoms in total. The molecule has 18 heavy (non-hydrogen) atoms. The highest BCUT2D eigenvalue weighted by Crippen LogP contribution is 2.19. The molecule has 0 aliphatic carbocycles. The molecule has 0 unspecified atom stereocenters. The Labute approximate surface area is 104 Å². The lowest BCUT2D eigenvalue weighted by Gasteiger charge is -2.00. The van der Waals surface area contributed by atoms with Crippen molar-refractivity contribution in [2.24, 2.45) is 5.73 Å². The van der Waals surface area contributed by atoms with Gasteiger partial charge in [0.2, 0.25) is 0 Å². The van der Waals surface area contributed by atoms with Gasteiger partial charge in [-0.2, -0.15) is 0 Å². The van der Waals surface area contributed by atoms with E-state index in [4.69, 9.17) is 10.3 Å². The maximum absolute atomic E-state index is 5.75. The molecule has 0 bridgehead atoms. The lowest BCUT2D eigenvalue weighted by atomic mass is 10.2. The maximum Gasteiger partial charge on any atom is 0.140 e. The number of fused-ring (bicyclic) bond motifs is 1. The topological polar surface area (TPSA) is 69.9 Å². The van der Waals surface area contributed by atoms with Gasteiger partial charge in [0.05, 0.1) is 6.54 Å². The maximum atomic E-state index is 5.75. The molecular weight excluding hydrogens is 228 g/mol. The predicted molar refractivity (Wildman–Crippen MR) is 68.0 cm³/mol. The van der Waals surface area contributed by atoms with Crippen LogP contribution in [0.2, 0.25) is 0 Å². The summed E-state index contributed by atoms with van der Waals surface area (Å²) in [6.45, 7) is 3.03. The minimum Gasteiger partial charge on any atom is -0.361 e. The predicted octanol–water partition coefficient (Wildman–Crippen LogP) is 1.84. The quantitative estimate of drug-likeness (QED) is 0.760. The molecule has 3 aromatic rings. The molecule has 0 fully saturated rings. The van der Waals surface area contributed by atoms with Crippen LogP contribution in [0.4, 0.5) is 0 Å². The van der Waals surface area contributed by atoms with Gasteiger partial charge in [0, 0.05) is 30.4 Å². The molecular formula is C13H14N4O. The van der Waals surface area contributed by atoms with Crippen LogP contribution in [0.5, 0.6) is 0 Å². The summed E-state index contributed by atoms with van der Waals surface area (Å²) >= 11 is 0. The minimum absolute atomic E-state index is 0.507. The molecule has 3 heterocycles. The number of nitrogens with zero attached hydrogens (tertiary/aromatic N) is 3. The first kappa shape index (κ1) is 11.0. The first-order valence-electron chi connectivity index (χ1n) is 5.83. The Hall–Kier alpha value is -2.14. The Morgan fingerprint density at radius 3 is 3.06 bits per heavy atom. The van der Waals surface area contributed by atoms with E-state index in [1.807, 2.05) is 31.3 Å². The van der Waals surface area contributed by atoms with E-state index in [0.29, 0.717) is 13.1 Å². The van der Waals surface area contributed by atoms with Crippen LogP contribution in [0.3, 0.4) is 0 Å². The first-order chi connectivity index (χ1) is 8.78. The summed E-state index contributed by atoms with van der Waals surface area (Å²) in [7, 11) is 0. The standard InChI is InChI=1S/C13H14N4O/c1-9-5-11(16-18-9)8-17-7-10(6-14)12-3-2-4-15-13(12)17/h2-5,7H,6,8,14H2,1H3. The largest absolute Gasteiger partial charge is 0.361 e. The van der Waals surface area contributed by atoms with Crippen LogP contribution in [0.1, 0.15) is 17.0 Å². The van der Waals surface area contributed by atoms with Crippen molar-refractivity contribution in [1.82, 2.24) is 14.7 Å². The highest BCUT2D eigenvalue weighted by atomic mass is 16.5. The van der Waals surface area contributed by atoms with Crippen molar-refractivity contribution in [3.05, 3.63) is 47.6 Å². The van der Waals surface area contributed by atoms with E-state index in [1.165, 1.54) is 0 Å². The fraction of sp³-hybridized carbons (Fsp3) is 0.231. The Bertz CT molecular complexity index is 683. The highest BCUT2D eigenvalue weighted by molar-refractivity contribution is 5.80. The molecule has 5 heteroatoms. The average molecular weight is 242 g/mol. The first-order valence-corrected chi connectivity index (χ1v) is 5.83. The van der Waals surface area contributed by atoms with Crippen LogP contribution in [0.25, 0.3) is 11.0 Å². The molecule has 3 aromatic heterocycles. The fourth-order valence-electron chi connectivity index (χ4n) is 2.15. The van der Waals surface area contributed by atoms with Gasteiger partial charge >= 0.3 is 0 Å². The molecule has 0 saturated carbocycles. The summed E-state index contributed by atoms with van der Waals surface area (Å²) in [5.74, 6) is 0.813. The average Bonchev–Trinajstić information content (AvgIpc) is 2.95. The van der Waals surface area contributed by atoms with Crippen molar-refractivity contribution in [3.63, 3.8) is 0 Å². The summed E-state index contributed by atoms with van der Waals surface area (Å²) in [5, 5.41) is 5.10. The number of pyridine rings is 1. The van der Waals surface area contributed by atoms with E-state index < -0.39 is 0 Å². The van der Waals surface area contributed by atoms with Crippen LogP contribution in [-0.4, -0.2) is 14.7 Å². The van der Waals surface area contributed by atoms with Crippen LogP contribution in [0.15, 0.2) is 35.1 Å². The zero-order valence-electron chi connectivity index (χ0n) is 10.1. The molecule has 0 aliphatic heterocycles. The Morgan fingerprint density at radius 2 is 2.33 bits per heavy atom. The van der Waals surface area contributed by atoms with Crippen molar-refractivity contribution in [2.75, 3.05) is 0 Å². The van der Waals surface area contributed by atoms with Gasteiger partial charge in [-0.1, -0.05) is 5.16 Å².